The van der Waals surface area contributed by atoms with Crippen molar-refractivity contribution in [2.75, 3.05) is 5.32 Å². The molecule has 7 aromatic carbocycles. The summed E-state index contributed by atoms with van der Waals surface area (Å²) in [5, 5.41) is 10.5. The minimum Gasteiger partial charge on any atom is -0.366 e. The highest BCUT2D eigenvalue weighted by Crippen LogP contribution is 2.52. The average molecular weight is 684 g/mol. The van der Waals surface area contributed by atoms with Gasteiger partial charge in [0, 0.05) is 33.0 Å². The van der Waals surface area contributed by atoms with E-state index in [4.69, 9.17) is 0 Å². The number of rotatable bonds is 3. The first-order chi connectivity index (χ1) is 25.8. The number of para-hydroxylation sites is 2. The first-order valence-corrected chi connectivity index (χ1v) is 18.9. The van der Waals surface area contributed by atoms with Crippen molar-refractivity contribution in [3.05, 3.63) is 191 Å². The van der Waals surface area contributed by atoms with Gasteiger partial charge in [0.25, 0.3) is 0 Å². The van der Waals surface area contributed by atoms with E-state index in [1.54, 1.807) is 0 Å². The Balaban J connectivity index is 0.988. The van der Waals surface area contributed by atoms with Crippen LogP contribution in [0.1, 0.15) is 78.8 Å². The molecule has 8 aromatic rings. The van der Waals surface area contributed by atoms with Crippen molar-refractivity contribution in [2.24, 2.45) is 0 Å². The van der Waals surface area contributed by atoms with Gasteiger partial charge in [0.05, 0.1) is 17.1 Å². The van der Waals surface area contributed by atoms with Crippen LogP contribution in [-0.2, 0) is 10.8 Å². The third-order valence-electron chi connectivity index (χ3n) is 12.7. The van der Waals surface area contributed by atoms with Gasteiger partial charge in [-0.15, -0.1) is 0 Å². The summed E-state index contributed by atoms with van der Waals surface area (Å²) < 4.78 is 2.45. The van der Waals surface area contributed by atoms with Gasteiger partial charge in [0.15, 0.2) is 0 Å². The fourth-order valence-electron chi connectivity index (χ4n) is 9.95. The number of fused-ring (bicyclic) bond motifs is 10. The Kier molecular flexibility index (Phi) is 6.27. The van der Waals surface area contributed by atoms with Crippen LogP contribution >= 0.6 is 0 Å². The number of nitrogens with zero attached hydrogens (tertiary/aromatic N) is 1. The van der Waals surface area contributed by atoms with Gasteiger partial charge >= 0.3 is 0 Å². The molecular formula is C50H41N3. The lowest BCUT2D eigenvalue weighted by Gasteiger charge is -2.36. The molecule has 0 bridgehead atoms. The van der Waals surface area contributed by atoms with Crippen LogP contribution in [0.4, 0.5) is 5.69 Å². The summed E-state index contributed by atoms with van der Waals surface area (Å²) in [4.78, 5) is 0. The molecule has 0 saturated carbocycles. The normalized spacial score (nSPS) is 18.6. The summed E-state index contributed by atoms with van der Waals surface area (Å²) in [6, 6.07) is 56.7. The van der Waals surface area contributed by atoms with E-state index in [2.05, 4.69) is 195 Å². The van der Waals surface area contributed by atoms with Crippen molar-refractivity contribution in [1.82, 2.24) is 9.88 Å². The van der Waals surface area contributed by atoms with Crippen LogP contribution in [0.25, 0.3) is 49.7 Å². The lowest BCUT2D eigenvalue weighted by Crippen LogP contribution is -2.37. The Morgan fingerprint density at radius 2 is 1.08 bits per heavy atom. The molecule has 256 valence electrons. The van der Waals surface area contributed by atoms with E-state index in [9.17, 15) is 0 Å². The predicted octanol–water partition coefficient (Wildman–Crippen LogP) is 12.2. The van der Waals surface area contributed by atoms with Crippen LogP contribution in [-0.4, -0.2) is 4.57 Å². The highest BCUT2D eigenvalue weighted by Gasteiger charge is 2.38. The summed E-state index contributed by atoms with van der Waals surface area (Å²) >= 11 is 0. The Hall–Kier alpha value is -5.90. The SMILES string of the molecule is CC1(C)c2ccccc2-c2ccc(C3NC(c4ccc(-n5c6ccccc6c6cc7c(cc65)-c5ccccc5C7(C)C)cc4)Nc4ccccc43)cc21. The maximum absolute atomic E-state index is 4.02. The second-order valence-electron chi connectivity index (χ2n) is 16.3. The predicted molar refractivity (Wildman–Crippen MR) is 220 cm³/mol. The highest BCUT2D eigenvalue weighted by molar-refractivity contribution is 6.11. The van der Waals surface area contributed by atoms with Crippen LogP contribution in [0.15, 0.2) is 152 Å². The second-order valence-corrected chi connectivity index (χ2v) is 16.3. The molecule has 3 aliphatic rings. The van der Waals surface area contributed by atoms with Crippen molar-refractivity contribution < 1.29 is 0 Å². The van der Waals surface area contributed by atoms with E-state index < -0.39 is 0 Å². The van der Waals surface area contributed by atoms with E-state index in [1.165, 1.54) is 94.4 Å². The van der Waals surface area contributed by atoms with Gasteiger partial charge in [-0.2, -0.15) is 0 Å². The molecule has 3 heteroatoms. The van der Waals surface area contributed by atoms with Gasteiger partial charge in [-0.05, 0) is 97.6 Å². The molecule has 2 aliphatic carbocycles. The monoisotopic (exact) mass is 683 g/mol. The van der Waals surface area contributed by atoms with Gasteiger partial charge < -0.3 is 9.88 Å². The van der Waals surface area contributed by atoms with Gasteiger partial charge in [-0.25, -0.2) is 0 Å². The Morgan fingerprint density at radius 1 is 0.472 bits per heavy atom. The van der Waals surface area contributed by atoms with Crippen LogP contribution in [0.5, 0.6) is 0 Å². The maximum atomic E-state index is 4.02. The zero-order valence-corrected chi connectivity index (χ0v) is 30.5. The number of nitrogens with one attached hydrogen (secondary N) is 2. The average Bonchev–Trinajstić information content (AvgIpc) is 3.73. The highest BCUT2D eigenvalue weighted by atomic mass is 15.2. The minimum absolute atomic E-state index is 0.0392. The molecule has 1 aromatic heterocycles. The molecule has 0 spiro atoms. The quantitative estimate of drug-likeness (QED) is 0.194. The molecule has 2 heterocycles. The smallest absolute Gasteiger partial charge is 0.104 e. The van der Waals surface area contributed by atoms with E-state index in [0.29, 0.717) is 0 Å². The third kappa shape index (κ3) is 4.26. The molecule has 1 aliphatic heterocycles. The zero-order chi connectivity index (χ0) is 35.6. The number of aromatic nitrogens is 1. The number of benzene rings is 7. The fraction of sp³-hybridized carbons (Fsp3) is 0.160. The first kappa shape index (κ1) is 30.7. The Bertz CT molecular complexity index is 2800. The van der Waals surface area contributed by atoms with E-state index >= 15 is 0 Å². The van der Waals surface area contributed by atoms with Gasteiger partial charge in [0.1, 0.15) is 6.17 Å². The Morgan fingerprint density at radius 3 is 1.85 bits per heavy atom. The molecular weight excluding hydrogens is 643 g/mol. The maximum Gasteiger partial charge on any atom is 0.104 e. The largest absolute Gasteiger partial charge is 0.366 e. The number of anilines is 1. The molecule has 53 heavy (non-hydrogen) atoms. The van der Waals surface area contributed by atoms with Crippen molar-refractivity contribution in [3.8, 4) is 27.9 Å². The molecule has 0 amide bonds. The minimum atomic E-state index is -0.0532. The molecule has 3 nitrogen and oxygen atoms in total. The van der Waals surface area contributed by atoms with E-state index in [-0.39, 0.29) is 23.0 Å². The van der Waals surface area contributed by atoms with Crippen molar-refractivity contribution >= 4 is 27.5 Å². The lowest BCUT2D eigenvalue weighted by atomic mass is 9.81. The Labute approximate surface area is 311 Å². The van der Waals surface area contributed by atoms with Crippen molar-refractivity contribution in [1.29, 1.82) is 0 Å². The first-order valence-electron chi connectivity index (χ1n) is 18.9. The molecule has 2 unspecified atom stereocenters. The molecule has 0 saturated heterocycles. The van der Waals surface area contributed by atoms with E-state index in [1.807, 2.05) is 0 Å². The fourth-order valence-corrected chi connectivity index (χ4v) is 9.95. The molecule has 2 N–H and O–H groups in total. The van der Waals surface area contributed by atoms with Crippen LogP contribution in [0, 0.1) is 0 Å². The molecule has 11 rings (SSSR count). The van der Waals surface area contributed by atoms with E-state index in [0.717, 1.165) is 0 Å². The topological polar surface area (TPSA) is 29.0 Å². The molecule has 0 radical (unpaired) electrons. The number of hydrogen-bond acceptors (Lipinski definition) is 2. The van der Waals surface area contributed by atoms with Crippen LogP contribution in [0.2, 0.25) is 0 Å². The third-order valence-corrected chi connectivity index (χ3v) is 12.7. The summed E-state index contributed by atoms with van der Waals surface area (Å²) in [6.45, 7) is 9.45. The van der Waals surface area contributed by atoms with Crippen molar-refractivity contribution in [2.45, 2.75) is 50.7 Å². The van der Waals surface area contributed by atoms with Gasteiger partial charge in [0.2, 0.25) is 0 Å². The second kappa shape index (κ2) is 10.8. The number of hydrogen-bond donors (Lipinski definition) is 2. The molecule has 2 atom stereocenters. The lowest BCUT2D eigenvalue weighted by molar-refractivity contribution is 0.505. The van der Waals surface area contributed by atoms with Crippen LogP contribution in [0.3, 0.4) is 0 Å². The standard InChI is InChI=1S/C50H41N3/c1-49(2)40-17-9-5-13-33(40)35-26-23-31(27-42(35)49)47-37-16-7-11-19-44(37)51-48(52-47)30-21-24-32(25-22-30)53-45-20-12-8-15-36(45)39-28-43-38(29-46(39)53)34-14-6-10-18-41(34)50(43,3)4/h5-29,47-48,51-52H,1-4H3. The van der Waals surface area contributed by atoms with Crippen LogP contribution < -0.4 is 10.6 Å². The summed E-state index contributed by atoms with van der Waals surface area (Å²) in [7, 11) is 0. The summed E-state index contributed by atoms with van der Waals surface area (Å²) in [5.41, 5.74) is 19.5. The van der Waals surface area contributed by atoms with Gasteiger partial charge in [-0.1, -0.05) is 143 Å². The summed E-state index contributed by atoms with van der Waals surface area (Å²) in [6.07, 6.45) is -0.0532. The van der Waals surface area contributed by atoms with Crippen molar-refractivity contribution in [3.63, 3.8) is 0 Å². The van der Waals surface area contributed by atoms with Gasteiger partial charge in [-0.3, -0.25) is 5.32 Å². The zero-order valence-electron chi connectivity index (χ0n) is 30.5. The molecule has 0 fully saturated rings. The summed E-state index contributed by atoms with van der Waals surface area (Å²) in [5.74, 6) is 0.